The molecule has 0 spiro atoms. The molecule has 0 bridgehead atoms. The van der Waals surface area contributed by atoms with Gasteiger partial charge in [0.15, 0.2) is 0 Å². The van der Waals surface area contributed by atoms with Gasteiger partial charge in [-0.05, 0) is 50.7 Å². The summed E-state index contributed by atoms with van der Waals surface area (Å²) >= 11 is 0. The van der Waals surface area contributed by atoms with E-state index in [1.165, 1.54) is 0 Å². The molecule has 1 saturated heterocycles. The number of hydrogen-bond donors (Lipinski definition) is 2. The number of fused-ring (bicyclic) bond motifs is 1. The van der Waals surface area contributed by atoms with Crippen molar-refractivity contribution in [3.05, 3.63) is 48.1 Å². The van der Waals surface area contributed by atoms with Crippen molar-refractivity contribution in [2.75, 3.05) is 6.61 Å². The Morgan fingerprint density at radius 3 is 2.56 bits per heavy atom. The van der Waals surface area contributed by atoms with Gasteiger partial charge in [-0.25, -0.2) is 4.89 Å². The van der Waals surface area contributed by atoms with E-state index in [0.29, 0.717) is 25.7 Å². The first-order valence-corrected chi connectivity index (χ1v) is 8.66. The van der Waals surface area contributed by atoms with Crippen LogP contribution < -0.4 is 0 Å². The summed E-state index contributed by atoms with van der Waals surface area (Å²) in [6.45, 7) is 11.7. The number of allylic oxidation sites excluding steroid dienone is 2. The molecule has 138 valence electrons. The van der Waals surface area contributed by atoms with Gasteiger partial charge in [-0.3, -0.25) is 10.1 Å². The molecule has 1 unspecified atom stereocenters. The van der Waals surface area contributed by atoms with Crippen molar-refractivity contribution >= 4 is 5.97 Å². The van der Waals surface area contributed by atoms with Crippen LogP contribution in [0.3, 0.4) is 0 Å². The van der Waals surface area contributed by atoms with E-state index >= 15 is 0 Å². The topological polar surface area (TPSA) is 76.0 Å². The van der Waals surface area contributed by atoms with Crippen LogP contribution in [0.2, 0.25) is 0 Å². The van der Waals surface area contributed by atoms with Crippen LogP contribution in [0.1, 0.15) is 39.5 Å². The molecule has 25 heavy (non-hydrogen) atoms. The van der Waals surface area contributed by atoms with E-state index in [1.807, 2.05) is 6.08 Å². The van der Waals surface area contributed by atoms with Crippen molar-refractivity contribution in [3.63, 3.8) is 0 Å². The van der Waals surface area contributed by atoms with Crippen LogP contribution in [0, 0.1) is 11.8 Å². The molecule has 2 fully saturated rings. The summed E-state index contributed by atoms with van der Waals surface area (Å²) in [6, 6.07) is 0. The predicted octanol–water partition coefficient (Wildman–Crippen LogP) is 3.57. The zero-order valence-corrected chi connectivity index (χ0v) is 15.0. The second-order valence-electron chi connectivity index (χ2n) is 7.43. The molecule has 5 nitrogen and oxygen atoms in total. The third-order valence-electron chi connectivity index (χ3n) is 4.85. The third-order valence-corrected chi connectivity index (χ3v) is 4.85. The number of carbonyl (C=O) groups is 1. The fourth-order valence-electron chi connectivity index (χ4n) is 3.42. The zero-order valence-electron chi connectivity index (χ0n) is 15.0. The van der Waals surface area contributed by atoms with Crippen molar-refractivity contribution in [2.24, 2.45) is 11.8 Å². The number of carbonyl (C=O) groups excluding carboxylic acids is 1. The van der Waals surface area contributed by atoms with Gasteiger partial charge >= 0.3 is 5.97 Å². The predicted molar refractivity (Wildman–Crippen MR) is 95.7 cm³/mol. The lowest BCUT2D eigenvalue weighted by molar-refractivity contribution is -0.269. The molecule has 0 aromatic heterocycles. The Hall–Kier alpha value is -1.69. The van der Waals surface area contributed by atoms with Crippen molar-refractivity contribution in [3.8, 4) is 0 Å². The summed E-state index contributed by atoms with van der Waals surface area (Å²) in [5.41, 5.74) is 1.72. The van der Waals surface area contributed by atoms with E-state index in [4.69, 9.17) is 9.99 Å². The van der Waals surface area contributed by atoms with Gasteiger partial charge in [0.1, 0.15) is 12.7 Å². The highest BCUT2D eigenvalue weighted by Crippen LogP contribution is 2.40. The molecule has 3 atom stereocenters. The van der Waals surface area contributed by atoms with Crippen LogP contribution in [0.25, 0.3) is 0 Å². The molecule has 2 aliphatic rings. The van der Waals surface area contributed by atoms with Gasteiger partial charge < -0.3 is 9.84 Å². The summed E-state index contributed by atoms with van der Waals surface area (Å²) < 4.78 is 5.36. The van der Waals surface area contributed by atoms with Crippen molar-refractivity contribution in [2.45, 2.75) is 51.2 Å². The highest BCUT2D eigenvalue weighted by Gasteiger charge is 2.39. The number of ether oxygens (including phenoxy) is 1. The first kappa shape index (κ1) is 19.6. The van der Waals surface area contributed by atoms with Crippen LogP contribution in [0.15, 0.2) is 48.1 Å². The minimum Gasteiger partial charge on any atom is -0.461 e. The quantitative estimate of drug-likeness (QED) is 0.353. The summed E-state index contributed by atoms with van der Waals surface area (Å²) in [5, 5.41) is 18.9. The van der Waals surface area contributed by atoms with E-state index in [2.05, 4.69) is 18.0 Å². The first-order valence-electron chi connectivity index (χ1n) is 8.66. The average molecular weight is 348 g/mol. The van der Waals surface area contributed by atoms with Crippen molar-refractivity contribution in [1.82, 2.24) is 0 Å². The molecule has 0 radical (unpaired) electrons. The van der Waals surface area contributed by atoms with Gasteiger partial charge in [0, 0.05) is 5.92 Å². The van der Waals surface area contributed by atoms with E-state index < -0.39 is 11.7 Å². The zero-order chi connectivity index (χ0) is 18.6. The summed E-state index contributed by atoms with van der Waals surface area (Å²) in [6.07, 6.45) is 7.44. The van der Waals surface area contributed by atoms with Gasteiger partial charge in [0.2, 0.25) is 0 Å². The molecule has 1 aliphatic carbocycles. The Kier molecular flexibility index (Phi) is 6.38. The van der Waals surface area contributed by atoms with E-state index in [0.717, 1.165) is 16.7 Å². The Balaban J connectivity index is 2.29. The molecule has 0 aromatic rings. The molecule has 0 amide bonds. The molecule has 2 N–H and O–H groups in total. The van der Waals surface area contributed by atoms with Crippen molar-refractivity contribution < 1.29 is 24.8 Å². The maximum absolute atomic E-state index is 12.4. The summed E-state index contributed by atoms with van der Waals surface area (Å²) in [4.78, 5) is 16.9. The van der Waals surface area contributed by atoms with Gasteiger partial charge in [-0.1, -0.05) is 37.0 Å². The molecule has 1 saturated carbocycles. The van der Waals surface area contributed by atoms with Gasteiger partial charge in [0.25, 0.3) is 0 Å². The molecule has 1 aliphatic heterocycles. The number of rotatable bonds is 3. The smallest absolute Gasteiger partial charge is 0.313 e. The molecule has 1 heterocycles. The van der Waals surface area contributed by atoms with Gasteiger partial charge in [-0.15, -0.1) is 0 Å². The van der Waals surface area contributed by atoms with Crippen molar-refractivity contribution in [1.29, 1.82) is 0 Å². The fraction of sp³-hybridized carbons (Fsp3) is 0.550. The lowest BCUT2D eigenvalue weighted by atomic mass is 9.76. The number of esters is 1. The minimum atomic E-state index is -0.899. The maximum atomic E-state index is 12.4. The SMILES string of the molecule is C=C1CC[C@@H]2C(=CC=CC(C)(C)O)COC(=O)[C@H]2C(=C)CCC1OO. The molecule has 2 rings (SSSR count). The highest BCUT2D eigenvalue weighted by atomic mass is 17.1. The van der Waals surface area contributed by atoms with E-state index in [-0.39, 0.29) is 24.4 Å². The lowest BCUT2D eigenvalue weighted by Crippen LogP contribution is -2.35. The summed E-state index contributed by atoms with van der Waals surface area (Å²) in [7, 11) is 0. The standard InChI is InChI=1S/C20H28O5/c1-13-7-9-16-15(6-5-11-20(3,4)22)12-24-19(21)18(16)14(2)8-10-17(13)25-23/h5-6,11,16-18,22-23H,1-2,7-10,12H2,3-4H3/t16-,17?,18+/m1/s1. The maximum Gasteiger partial charge on any atom is 0.313 e. The monoisotopic (exact) mass is 348 g/mol. The van der Waals surface area contributed by atoms with Gasteiger partial charge in [0.05, 0.1) is 11.5 Å². The molecular formula is C20H28O5. The van der Waals surface area contributed by atoms with Crippen LogP contribution in [0.4, 0.5) is 0 Å². The number of hydrogen-bond acceptors (Lipinski definition) is 5. The average Bonchev–Trinajstić information content (AvgIpc) is 2.58. The Labute approximate surface area is 149 Å². The van der Waals surface area contributed by atoms with Crippen LogP contribution >= 0.6 is 0 Å². The molecule has 5 heteroatoms. The van der Waals surface area contributed by atoms with E-state index in [1.54, 1.807) is 26.0 Å². The summed E-state index contributed by atoms with van der Waals surface area (Å²) in [5.74, 6) is -0.650. The van der Waals surface area contributed by atoms with Crippen LogP contribution in [-0.2, 0) is 14.4 Å². The highest BCUT2D eigenvalue weighted by molar-refractivity contribution is 5.78. The second-order valence-corrected chi connectivity index (χ2v) is 7.43. The van der Waals surface area contributed by atoms with Gasteiger partial charge in [-0.2, -0.15) is 0 Å². The normalized spacial score (nSPS) is 30.6. The largest absolute Gasteiger partial charge is 0.461 e. The fourth-order valence-corrected chi connectivity index (χ4v) is 3.42. The van der Waals surface area contributed by atoms with Crippen LogP contribution in [0.5, 0.6) is 0 Å². The lowest BCUT2D eigenvalue weighted by Gasteiger charge is -2.33. The third kappa shape index (κ3) is 5.14. The number of cyclic esters (lactones) is 1. The Morgan fingerprint density at radius 1 is 1.24 bits per heavy atom. The van der Waals surface area contributed by atoms with E-state index in [9.17, 15) is 9.90 Å². The number of aliphatic hydroxyl groups is 1. The second kappa shape index (κ2) is 8.13. The Bertz CT molecular complexity index is 594. The first-order chi connectivity index (χ1) is 11.7. The Morgan fingerprint density at radius 2 is 1.92 bits per heavy atom. The molecule has 0 aromatic carbocycles. The molecular weight excluding hydrogens is 320 g/mol. The van der Waals surface area contributed by atoms with Crippen LogP contribution in [-0.4, -0.2) is 34.6 Å². The minimum absolute atomic E-state index is 0.0191.